The van der Waals surface area contributed by atoms with E-state index in [-0.39, 0.29) is 6.42 Å². The van der Waals surface area contributed by atoms with Crippen molar-refractivity contribution in [1.82, 2.24) is 0 Å². The van der Waals surface area contributed by atoms with Crippen LogP contribution in [0.1, 0.15) is 6.42 Å². The Bertz CT molecular complexity index is 577. The molecule has 2 aliphatic heterocycles. The predicted molar refractivity (Wildman–Crippen MR) is 66.0 cm³/mol. The second-order valence-electron chi connectivity index (χ2n) is 4.05. The molecule has 0 aromatic carbocycles. The van der Waals surface area contributed by atoms with Gasteiger partial charge in [-0.15, -0.1) is 0 Å². The third-order valence-electron chi connectivity index (χ3n) is 3.10. The Balaban J connectivity index is 2.15. The number of hydrogen-bond donors (Lipinski definition) is 1. The number of allylic oxidation sites excluding steroid dienone is 5. The number of rotatable bonds is 2. The van der Waals surface area contributed by atoms with Crippen LogP contribution in [0.3, 0.4) is 0 Å². The van der Waals surface area contributed by atoms with Gasteiger partial charge in [0.1, 0.15) is 0 Å². The maximum Gasteiger partial charge on any atom is 0.223 e. The number of nitrogens with zero attached hydrogens (tertiary/aromatic N) is 3. The molecule has 0 saturated heterocycles. The Morgan fingerprint density at radius 3 is 3.18 bits per heavy atom. The molecule has 17 heavy (non-hydrogen) atoms. The standard InChI is InChI=1S/C12H10N4O/c13-11(17)6-10-12-4-5-14-9(12)3-1-2-8(12)7-15-16-10/h1-5,7H,6H2,(H2,13,17). The molecule has 0 aromatic heterocycles. The number of hydrogen-bond acceptors (Lipinski definition) is 4. The van der Waals surface area contributed by atoms with Crippen LogP contribution in [-0.2, 0) is 4.79 Å². The van der Waals surface area contributed by atoms with Crippen molar-refractivity contribution in [2.24, 2.45) is 26.3 Å². The molecule has 0 aromatic rings. The molecule has 1 aliphatic carbocycles. The summed E-state index contributed by atoms with van der Waals surface area (Å²) in [6.07, 6.45) is 11.2. The van der Waals surface area contributed by atoms with Gasteiger partial charge < -0.3 is 5.73 Å². The highest BCUT2D eigenvalue weighted by Crippen LogP contribution is 2.41. The Kier molecular flexibility index (Phi) is 1.95. The smallest absolute Gasteiger partial charge is 0.223 e. The van der Waals surface area contributed by atoms with Crippen molar-refractivity contribution in [1.29, 1.82) is 0 Å². The Hall–Kier alpha value is -2.30. The summed E-state index contributed by atoms with van der Waals surface area (Å²) >= 11 is 0. The minimum Gasteiger partial charge on any atom is -0.369 e. The lowest BCUT2D eigenvalue weighted by molar-refractivity contribution is -0.116. The number of primary amides is 1. The zero-order valence-electron chi connectivity index (χ0n) is 9.00. The van der Waals surface area contributed by atoms with Gasteiger partial charge in [0, 0.05) is 6.20 Å². The normalized spacial score (nSPS) is 28.1. The summed E-state index contributed by atoms with van der Waals surface area (Å²) in [6.45, 7) is 0. The third-order valence-corrected chi connectivity index (χ3v) is 3.10. The zero-order valence-corrected chi connectivity index (χ0v) is 9.00. The van der Waals surface area contributed by atoms with Crippen LogP contribution in [0, 0.1) is 5.41 Å². The fourth-order valence-electron chi connectivity index (χ4n) is 2.34. The molecule has 3 aliphatic rings. The molecule has 1 spiro atoms. The minimum absolute atomic E-state index is 0.0892. The highest BCUT2D eigenvalue weighted by atomic mass is 16.1. The van der Waals surface area contributed by atoms with Crippen molar-refractivity contribution in [3.63, 3.8) is 0 Å². The van der Waals surface area contributed by atoms with Crippen molar-refractivity contribution in [2.45, 2.75) is 6.42 Å². The van der Waals surface area contributed by atoms with E-state index >= 15 is 0 Å². The SMILES string of the molecule is NC(=O)CC1=NN=CC2=CC=CC3=NC=CC231. The van der Waals surface area contributed by atoms with E-state index in [0.29, 0.717) is 5.71 Å². The maximum atomic E-state index is 11.1. The molecule has 1 amide bonds. The van der Waals surface area contributed by atoms with Crippen LogP contribution in [-0.4, -0.2) is 23.5 Å². The van der Waals surface area contributed by atoms with Gasteiger partial charge in [0.2, 0.25) is 5.91 Å². The van der Waals surface area contributed by atoms with Crippen LogP contribution in [0.15, 0.2) is 51.3 Å². The van der Waals surface area contributed by atoms with Crippen LogP contribution in [0.25, 0.3) is 0 Å². The van der Waals surface area contributed by atoms with Gasteiger partial charge in [0.25, 0.3) is 0 Å². The van der Waals surface area contributed by atoms with Crippen molar-refractivity contribution in [3.05, 3.63) is 36.1 Å². The largest absolute Gasteiger partial charge is 0.369 e. The molecule has 3 rings (SSSR count). The van der Waals surface area contributed by atoms with E-state index in [1.165, 1.54) is 0 Å². The molecule has 0 radical (unpaired) electrons. The lowest BCUT2D eigenvalue weighted by atomic mass is 9.69. The fourth-order valence-corrected chi connectivity index (χ4v) is 2.34. The first kappa shape index (κ1) is 9.89. The summed E-state index contributed by atoms with van der Waals surface area (Å²) in [4.78, 5) is 15.4. The average molecular weight is 226 g/mol. The number of carbonyl (C=O) groups is 1. The Labute approximate surface area is 97.8 Å². The highest BCUT2D eigenvalue weighted by Gasteiger charge is 2.45. The summed E-state index contributed by atoms with van der Waals surface area (Å²) in [7, 11) is 0. The van der Waals surface area contributed by atoms with Gasteiger partial charge in [-0.05, 0) is 17.7 Å². The highest BCUT2D eigenvalue weighted by molar-refractivity contribution is 6.28. The van der Waals surface area contributed by atoms with Crippen LogP contribution >= 0.6 is 0 Å². The molecule has 0 fully saturated rings. The van der Waals surface area contributed by atoms with Gasteiger partial charge >= 0.3 is 0 Å². The Morgan fingerprint density at radius 2 is 2.35 bits per heavy atom. The molecule has 1 atom stereocenters. The fraction of sp³-hybridized carbons (Fsp3) is 0.167. The van der Waals surface area contributed by atoms with Crippen molar-refractivity contribution < 1.29 is 4.79 Å². The van der Waals surface area contributed by atoms with Crippen molar-refractivity contribution in [2.75, 3.05) is 0 Å². The quantitative estimate of drug-likeness (QED) is 0.740. The predicted octanol–water partition coefficient (Wildman–Crippen LogP) is 0.753. The Morgan fingerprint density at radius 1 is 1.47 bits per heavy atom. The first-order chi connectivity index (χ1) is 8.23. The van der Waals surface area contributed by atoms with Crippen LogP contribution in [0.2, 0.25) is 0 Å². The van der Waals surface area contributed by atoms with E-state index in [9.17, 15) is 4.79 Å². The third kappa shape index (κ3) is 1.25. The monoisotopic (exact) mass is 226 g/mol. The number of nitrogens with two attached hydrogens (primary N) is 1. The van der Waals surface area contributed by atoms with E-state index < -0.39 is 11.3 Å². The van der Waals surface area contributed by atoms with Crippen molar-refractivity contribution in [3.8, 4) is 0 Å². The van der Waals surface area contributed by atoms with Gasteiger partial charge in [-0.25, -0.2) is 0 Å². The van der Waals surface area contributed by atoms with Crippen LogP contribution < -0.4 is 5.73 Å². The lowest BCUT2D eigenvalue weighted by Crippen LogP contribution is -2.42. The van der Waals surface area contributed by atoms with E-state index in [4.69, 9.17) is 5.73 Å². The molecular formula is C12H10N4O. The van der Waals surface area contributed by atoms with Crippen LogP contribution in [0.5, 0.6) is 0 Å². The summed E-state index contributed by atoms with van der Waals surface area (Å²) in [6, 6.07) is 0. The van der Waals surface area contributed by atoms with Crippen LogP contribution in [0.4, 0.5) is 0 Å². The molecule has 84 valence electrons. The first-order valence-corrected chi connectivity index (χ1v) is 5.27. The second kappa shape index (κ2) is 3.35. The molecule has 2 heterocycles. The second-order valence-corrected chi connectivity index (χ2v) is 4.05. The maximum absolute atomic E-state index is 11.1. The lowest BCUT2D eigenvalue weighted by Gasteiger charge is -2.33. The minimum atomic E-state index is -0.522. The van der Waals surface area contributed by atoms with E-state index in [1.807, 2.05) is 24.3 Å². The molecule has 0 bridgehead atoms. The van der Waals surface area contributed by atoms with E-state index in [1.54, 1.807) is 12.4 Å². The van der Waals surface area contributed by atoms with Crippen molar-refractivity contribution >= 4 is 23.5 Å². The summed E-state index contributed by atoms with van der Waals surface area (Å²) < 4.78 is 0. The number of aliphatic imine (C=N–C) groups is 1. The molecule has 5 heteroatoms. The summed E-state index contributed by atoms with van der Waals surface area (Å²) in [5, 5.41) is 7.98. The molecule has 5 nitrogen and oxygen atoms in total. The summed E-state index contributed by atoms with van der Waals surface area (Å²) in [5.41, 5.74) is 7.20. The molecule has 1 unspecified atom stereocenters. The van der Waals surface area contributed by atoms with E-state index in [2.05, 4.69) is 15.2 Å². The van der Waals surface area contributed by atoms with Gasteiger partial charge in [-0.3, -0.25) is 9.79 Å². The van der Waals surface area contributed by atoms with Gasteiger partial charge in [0.05, 0.1) is 29.5 Å². The molecule has 2 N–H and O–H groups in total. The number of carbonyl (C=O) groups excluding carboxylic acids is 1. The summed E-state index contributed by atoms with van der Waals surface area (Å²) in [5.74, 6) is -0.413. The van der Waals surface area contributed by atoms with E-state index in [0.717, 1.165) is 11.3 Å². The van der Waals surface area contributed by atoms with Gasteiger partial charge in [0.15, 0.2) is 0 Å². The number of amides is 1. The first-order valence-electron chi connectivity index (χ1n) is 5.27. The van der Waals surface area contributed by atoms with Gasteiger partial charge in [-0.2, -0.15) is 10.2 Å². The molecule has 0 saturated carbocycles. The molecular weight excluding hydrogens is 216 g/mol. The zero-order chi connectivity index (χ0) is 11.9. The topological polar surface area (TPSA) is 80.2 Å². The van der Waals surface area contributed by atoms with Gasteiger partial charge in [-0.1, -0.05) is 12.2 Å². The average Bonchev–Trinajstić information content (AvgIpc) is 2.72.